The molecule has 0 spiro atoms. The molecule has 4 nitrogen and oxygen atoms in total. The molecule has 2 aliphatic rings. The van der Waals surface area contributed by atoms with Gasteiger partial charge in [-0.3, -0.25) is 15.4 Å². The van der Waals surface area contributed by atoms with Gasteiger partial charge in [0.25, 0.3) is 0 Å². The molecule has 0 fully saturated rings. The largest absolute Gasteiger partial charge is 0.324 e. The molecule has 3 N–H and O–H groups in total. The zero-order valence-corrected chi connectivity index (χ0v) is 16.5. The van der Waals surface area contributed by atoms with Gasteiger partial charge in [-0.2, -0.15) is 0 Å². The Bertz CT molecular complexity index is 917. The normalized spacial score (nSPS) is 19.5. The highest BCUT2D eigenvalue weighted by atomic mass is 16.1. The summed E-state index contributed by atoms with van der Waals surface area (Å²) in [6, 6.07) is 11.7. The molecule has 0 aromatic heterocycles. The SMILES string of the molecule is CCCCCCCCC12CC(=O)c3c(-c4ccc(NN)cc4)ccc1c3C2=O. The Balaban J connectivity index is 1.57. The molecule has 0 heterocycles. The number of unbranched alkanes of at least 4 members (excludes halogenated alkanes) is 5. The van der Waals surface area contributed by atoms with Crippen molar-refractivity contribution in [3.05, 3.63) is 53.1 Å². The second-order valence-electron chi connectivity index (χ2n) is 8.16. The lowest BCUT2D eigenvalue weighted by Crippen LogP contribution is -2.53. The number of hydrazine groups is 1. The van der Waals surface area contributed by atoms with Gasteiger partial charge in [-0.15, -0.1) is 0 Å². The highest BCUT2D eigenvalue weighted by molar-refractivity contribution is 6.28. The number of Topliss-reactive ketones (excluding diaryl/α,β-unsaturated/α-hetero) is 2. The molecular formula is C24H28N2O2. The molecule has 0 aliphatic heterocycles. The van der Waals surface area contributed by atoms with Crippen molar-refractivity contribution < 1.29 is 9.59 Å². The van der Waals surface area contributed by atoms with Crippen LogP contribution in [0.25, 0.3) is 11.1 Å². The van der Waals surface area contributed by atoms with Gasteiger partial charge in [0.2, 0.25) is 0 Å². The summed E-state index contributed by atoms with van der Waals surface area (Å²) in [6.07, 6.45) is 8.31. The van der Waals surface area contributed by atoms with Crippen LogP contribution < -0.4 is 11.3 Å². The Labute approximate surface area is 166 Å². The first-order valence-electron chi connectivity index (χ1n) is 10.4. The van der Waals surface area contributed by atoms with Gasteiger partial charge < -0.3 is 5.43 Å². The van der Waals surface area contributed by atoms with Crippen molar-refractivity contribution in [2.45, 2.75) is 63.7 Å². The molecule has 28 heavy (non-hydrogen) atoms. The van der Waals surface area contributed by atoms with E-state index in [-0.39, 0.29) is 11.6 Å². The van der Waals surface area contributed by atoms with E-state index in [9.17, 15) is 9.59 Å². The number of nitrogen functional groups attached to an aromatic ring is 1. The topological polar surface area (TPSA) is 72.2 Å². The molecule has 1 atom stereocenters. The van der Waals surface area contributed by atoms with E-state index in [2.05, 4.69) is 18.4 Å². The van der Waals surface area contributed by atoms with E-state index < -0.39 is 5.41 Å². The van der Waals surface area contributed by atoms with E-state index in [1.54, 1.807) is 0 Å². The average Bonchev–Trinajstić information content (AvgIpc) is 2.73. The number of carbonyl (C=O) groups is 2. The van der Waals surface area contributed by atoms with Crippen molar-refractivity contribution in [3.8, 4) is 11.1 Å². The number of benzene rings is 2. The van der Waals surface area contributed by atoms with Crippen LogP contribution in [0.2, 0.25) is 0 Å². The first-order chi connectivity index (χ1) is 13.6. The minimum Gasteiger partial charge on any atom is -0.324 e. The van der Waals surface area contributed by atoms with Crippen molar-refractivity contribution in [1.82, 2.24) is 0 Å². The Kier molecular flexibility index (Phi) is 5.07. The van der Waals surface area contributed by atoms with Crippen LogP contribution in [-0.4, -0.2) is 11.6 Å². The molecule has 2 aromatic rings. The summed E-state index contributed by atoms with van der Waals surface area (Å²) in [7, 11) is 0. The van der Waals surface area contributed by atoms with Crippen LogP contribution in [0.3, 0.4) is 0 Å². The third-order valence-corrected chi connectivity index (χ3v) is 6.44. The van der Waals surface area contributed by atoms with Crippen LogP contribution >= 0.6 is 0 Å². The molecule has 4 rings (SSSR count). The fraction of sp³-hybridized carbons (Fsp3) is 0.417. The fourth-order valence-electron chi connectivity index (χ4n) is 4.89. The molecule has 0 saturated carbocycles. The van der Waals surface area contributed by atoms with Crippen LogP contribution in [0.1, 0.15) is 84.6 Å². The van der Waals surface area contributed by atoms with Crippen molar-refractivity contribution in [3.63, 3.8) is 0 Å². The van der Waals surface area contributed by atoms with Crippen LogP contribution in [0.4, 0.5) is 5.69 Å². The molecular weight excluding hydrogens is 348 g/mol. The molecule has 1 unspecified atom stereocenters. The molecule has 0 radical (unpaired) electrons. The van der Waals surface area contributed by atoms with Crippen LogP contribution in [0, 0.1) is 0 Å². The van der Waals surface area contributed by atoms with Gasteiger partial charge in [0, 0.05) is 23.2 Å². The Morgan fingerprint density at radius 3 is 2.36 bits per heavy atom. The maximum atomic E-state index is 13.1. The Morgan fingerprint density at radius 1 is 0.929 bits per heavy atom. The molecule has 0 saturated heterocycles. The smallest absolute Gasteiger partial charge is 0.174 e. The summed E-state index contributed by atoms with van der Waals surface area (Å²) < 4.78 is 0. The monoisotopic (exact) mass is 376 g/mol. The lowest BCUT2D eigenvalue weighted by molar-refractivity contribution is 0.0716. The minimum atomic E-state index is -0.532. The van der Waals surface area contributed by atoms with Crippen molar-refractivity contribution in [1.29, 1.82) is 0 Å². The summed E-state index contributed by atoms with van der Waals surface area (Å²) in [5.74, 6) is 5.74. The number of rotatable bonds is 9. The standard InChI is InChI=1S/C24H28N2O2/c1-2-3-4-5-6-7-14-24-15-20(27)21-18(12-13-19(24)22(21)23(24)28)16-8-10-17(26-25)11-9-16/h8-13,26H,2-7,14-15,25H2,1H3. The summed E-state index contributed by atoms with van der Waals surface area (Å²) in [5, 5.41) is 0. The van der Waals surface area contributed by atoms with Gasteiger partial charge in [0.05, 0.1) is 5.41 Å². The molecule has 2 aromatic carbocycles. The molecule has 4 bridgehead atoms. The van der Waals surface area contributed by atoms with E-state index in [4.69, 9.17) is 5.84 Å². The van der Waals surface area contributed by atoms with Gasteiger partial charge in [0.1, 0.15) is 0 Å². The van der Waals surface area contributed by atoms with Gasteiger partial charge in [0.15, 0.2) is 11.6 Å². The summed E-state index contributed by atoms with van der Waals surface area (Å²) in [6.45, 7) is 2.21. The first-order valence-corrected chi connectivity index (χ1v) is 10.4. The van der Waals surface area contributed by atoms with E-state index in [0.717, 1.165) is 41.6 Å². The number of anilines is 1. The third-order valence-electron chi connectivity index (χ3n) is 6.44. The van der Waals surface area contributed by atoms with Gasteiger partial charge in [-0.05, 0) is 35.2 Å². The van der Waals surface area contributed by atoms with Gasteiger partial charge in [-0.1, -0.05) is 69.7 Å². The van der Waals surface area contributed by atoms with Gasteiger partial charge >= 0.3 is 0 Å². The zero-order chi connectivity index (χ0) is 19.7. The predicted molar refractivity (Wildman–Crippen MR) is 113 cm³/mol. The minimum absolute atomic E-state index is 0.115. The van der Waals surface area contributed by atoms with E-state index in [1.165, 1.54) is 25.7 Å². The summed E-state index contributed by atoms with van der Waals surface area (Å²) >= 11 is 0. The second-order valence-corrected chi connectivity index (χ2v) is 8.16. The van der Waals surface area contributed by atoms with Crippen molar-refractivity contribution in [2.75, 3.05) is 5.43 Å². The highest BCUT2D eigenvalue weighted by Gasteiger charge is 2.57. The van der Waals surface area contributed by atoms with E-state index in [0.29, 0.717) is 17.5 Å². The van der Waals surface area contributed by atoms with E-state index in [1.807, 2.05) is 30.3 Å². The van der Waals surface area contributed by atoms with Crippen molar-refractivity contribution in [2.24, 2.45) is 5.84 Å². The fourth-order valence-corrected chi connectivity index (χ4v) is 4.89. The number of ketones is 2. The Hall–Kier alpha value is -2.46. The van der Waals surface area contributed by atoms with Crippen LogP contribution in [0.15, 0.2) is 36.4 Å². The third kappa shape index (κ3) is 2.87. The number of nitrogens with one attached hydrogen (secondary N) is 1. The lowest BCUT2D eigenvalue weighted by atomic mass is 9.52. The lowest BCUT2D eigenvalue weighted by Gasteiger charge is -2.47. The maximum Gasteiger partial charge on any atom is 0.174 e. The van der Waals surface area contributed by atoms with Crippen molar-refractivity contribution >= 4 is 17.3 Å². The number of hydrogen-bond donors (Lipinski definition) is 2. The molecule has 146 valence electrons. The summed E-state index contributed by atoms with van der Waals surface area (Å²) in [5.41, 5.74) is 7.09. The average molecular weight is 377 g/mol. The Morgan fingerprint density at radius 2 is 1.64 bits per heavy atom. The molecule has 4 heteroatoms. The quantitative estimate of drug-likeness (QED) is 0.349. The number of nitrogens with two attached hydrogens (primary N) is 1. The first kappa shape index (κ1) is 18.9. The van der Waals surface area contributed by atoms with Crippen LogP contribution in [-0.2, 0) is 5.41 Å². The van der Waals surface area contributed by atoms with Crippen LogP contribution in [0.5, 0.6) is 0 Å². The maximum absolute atomic E-state index is 13.1. The number of carbonyl (C=O) groups excluding carboxylic acids is 2. The number of hydrogen-bond acceptors (Lipinski definition) is 4. The predicted octanol–water partition coefficient (Wildman–Crippen LogP) is 5.41. The molecule has 0 amide bonds. The second kappa shape index (κ2) is 7.51. The highest BCUT2D eigenvalue weighted by Crippen LogP contribution is 2.55. The molecule has 2 aliphatic carbocycles. The zero-order valence-electron chi connectivity index (χ0n) is 16.5. The van der Waals surface area contributed by atoms with E-state index >= 15 is 0 Å². The van der Waals surface area contributed by atoms with Gasteiger partial charge in [-0.25, -0.2) is 0 Å². The summed E-state index contributed by atoms with van der Waals surface area (Å²) in [4.78, 5) is 26.0.